The van der Waals surface area contributed by atoms with E-state index in [-0.39, 0.29) is 5.91 Å². The van der Waals surface area contributed by atoms with Gasteiger partial charge in [-0.2, -0.15) is 14.9 Å². The van der Waals surface area contributed by atoms with Gasteiger partial charge in [0, 0.05) is 16.5 Å². The Morgan fingerprint density at radius 3 is 2.80 bits per heavy atom. The molecule has 1 aliphatic heterocycles. The average molecular weight is 414 g/mol. The second-order valence-corrected chi connectivity index (χ2v) is 6.81. The molecule has 3 aromatic rings. The third-order valence-electron chi connectivity index (χ3n) is 3.82. The lowest BCUT2D eigenvalue weighted by Crippen LogP contribution is -2.16. The van der Waals surface area contributed by atoms with Gasteiger partial charge in [0.1, 0.15) is 0 Å². The Kier molecular flexibility index (Phi) is 4.06. The van der Waals surface area contributed by atoms with Crippen LogP contribution >= 0.6 is 28.1 Å². The lowest BCUT2D eigenvalue weighted by molar-refractivity contribution is -0.110. The van der Waals surface area contributed by atoms with Crippen LogP contribution in [0.4, 0.5) is 5.69 Å². The first-order valence-electron chi connectivity index (χ1n) is 7.52. The molecule has 8 heteroatoms. The molecule has 0 fully saturated rings. The van der Waals surface area contributed by atoms with Crippen LogP contribution in [0.25, 0.3) is 0 Å². The second kappa shape index (κ2) is 6.38. The highest BCUT2D eigenvalue weighted by molar-refractivity contribution is 9.10. The molecule has 0 saturated carbocycles. The van der Waals surface area contributed by atoms with Gasteiger partial charge >= 0.3 is 0 Å². The number of nitrogens with one attached hydrogen (secondary N) is 2. The third kappa shape index (κ3) is 3.06. The van der Waals surface area contributed by atoms with Gasteiger partial charge in [-0.1, -0.05) is 46.3 Å². The van der Waals surface area contributed by atoms with Gasteiger partial charge in [-0.15, -0.1) is 0 Å². The van der Waals surface area contributed by atoms with E-state index in [0.717, 1.165) is 21.3 Å². The fourth-order valence-electron chi connectivity index (χ4n) is 2.64. The zero-order valence-electron chi connectivity index (χ0n) is 12.9. The van der Waals surface area contributed by atoms with Crippen molar-refractivity contribution in [2.45, 2.75) is 6.42 Å². The standard InChI is InChI=1S/C17H12BrN5OS/c18-11-6-7-13-12(9-11)15(16(24)19-13)22-23-14(20-21-17(23)25)8-10-4-2-1-3-5-10/h1-7,9H,8H2,(H,21,25)(H,19,22,24). The van der Waals surface area contributed by atoms with Crippen LogP contribution in [-0.2, 0) is 11.2 Å². The molecule has 25 heavy (non-hydrogen) atoms. The molecule has 2 aromatic carbocycles. The van der Waals surface area contributed by atoms with Crippen molar-refractivity contribution in [1.29, 1.82) is 0 Å². The van der Waals surface area contributed by atoms with Crippen LogP contribution < -0.4 is 5.32 Å². The van der Waals surface area contributed by atoms with Crippen molar-refractivity contribution in [2.75, 3.05) is 5.32 Å². The number of nitrogens with zero attached hydrogens (tertiary/aromatic N) is 3. The van der Waals surface area contributed by atoms with Crippen molar-refractivity contribution in [2.24, 2.45) is 5.10 Å². The number of carbonyl (C=O) groups excluding carboxylic acids is 1. The van der Waals surface area contributed by atoms with Crippen molar-refractivity contribution >= 4 is 45.5 Å². The summed E-state index contributed by atoms with van der Waals surface area (Å²) in [6, 6.07) is 15.4. The van der Waals surface area contributed by atoms with E-state index in [1.807, 2.05) is 48.5 Å². The number of anilines is 1. The summed E-state index contributed by atoms with van der Waals surface area (Å²) in [6.07, 6.45) is 0.553. The Balaban J connectivity index is 1.78. The number of hydrogen-bond acceptors (Lipinski definition) is 4. The number of carbonyl (C=O) groups is 1. The summed E-state index contributed by atoms with van der Waals surface area (Å²) in [4.78, 5) is 12.3. The third-order valence-corrected chi connectivity index (χ3v) is 4.58. The SMILES string of the molecule is O=C1Nc2ccc(Br)cc2/C1=N\n1c(Cc2ccccc2)n[nH]c1=S. The second-order valence-electron chi connectivity index (χ2n) is 5.51. The topological polar surface area (TPSA) is 75.1 Å². The molecule has 6 nitrogen and oxygen atoms in total. The summed E-state index contributed by atoms with van der Waals surface area (Å²) in [5.74, 6) is 0.377. The van der Waals surface area contributed by atoms with Crippen LogP contribution in [0.2, 0.25) is 0 Å². The smallest absolute Gasteiger partial charge is 0.276 e. The largest absolute Gasteiger partial charge is 0.320 e. The number of rotatable bonds is 3. The number of hydrogen-bond donors (Lipinski definition) is 2. The molecule has 1 aromatic heterocycles. The van der Waals surface area contributed by atoms with Gasteiger partial charge in [-0.3, -0.25) is 9.89 Å². The fraction of sp³-hybridized carbons (Fsp3) is 0.0588. The molecule has 0 atom stereocenters. The van der Waals surface area contributed by atoms with Crippen molar-refractivity contribution in [3.63, 3.8) is 0 Å². The zero-order chi connectivity index (χ0) is 17.4. The van der Waals surface area contributed by atoms with E-state index in [4.69, 9.17) is 12.2 Å². The minimum atomic E-state index is -0.262. The predicted octanol–water partition coefficient (Wildman–Crippen LogP) is 3.50. The van der Waals surface area contributed by atoms with Crippen molar-refractivity contribution < 1.29 is 4.79 Å². The molecule has 0 saturated heterocycles. The van der Waals surface area contributed by atoms with Crippen molar-refractivity contribution in [1.82, 2.24) is 14.9 Å². The fourth-order valence-corrected chi connectivity index (χ4v) is 3.20. The number of H-pyrrole nitrogens is 1. The monoisotopic (exact) mass is 413 g/mol. The minimum Gasteiger partial charge on any atom is -0.320 e. The Bertz CT molecular complexity index is 1050. The van der Waals surface area contributed by atoms with Crippen LogP contribution in [-0.4, -0.2) is 26.5 Å². The Hall–Kier alpha value is -2.58. The molecule has 2 N–H and O–H groups in total. The zero-order valence-corrected chi connectivity index (χ0v) is 15.3. The van der Waals surface area contributed by atoms with Gasteiger partial charge < -0.3 is 5.32 Å². The van der Waals surface area contributed by atoms with Crippen LogP contribution in [0.15, 0.2) is 58.1 Å². The highest BCUT2D eigenvalue weighted by atomic mass is 79.9. The molecule has 0 bridgehead atoms. The molecule has 4 rings (SSSR count). The highest BCUT2D eigenvalue weighted by Crippen LogP contribution is 2.27. The summed E-state index contributed by atoms with van der Waals surface area (Å²) in [5.41, 5.74) is 2.85. The molecule has 1 amide bonds. The maximum Gasteiger partial charge on any atom is 0.276 e. The molecule has 0 spiro atoms. The number of aromatic nitrogens is 3. The lowest BCUT2D eigenvalue weighted by atomic mass is 10.1. The molecule has 1 aliphatic rings. The van der Waals surface area contributed by atoms with Crippen molar-refractivity contribution in [3.8, 4) is 0 Å². The lowest BCUT2D eigenvalue weighted by Gasteiger charge is -2.03. The van der Waals surface area contributed by atoms with Gasteiger partial charge in [0.25, 0.3) is 5.91 Å². The summed E-state index contributed by atoms with van der Waals surface area (Å²) < 4.78 is 2.72. The van der Waals surface area contributed by atoms with Crippen LogP contribution in [0.1, 0.15) is 17.0 Å². The predicted molar refractivity (Wildman–Crippen MR) is 101 cm³/mol. The maximum absolute atomic E-state index is 12.3. The van der Waals surface area contributed by atoms with E-state index >= 15 is 0 Å². The van der Waals surface area contributed by atoms with E-state index in [9.17, 15) is 4.79 Å². The first kappa shape index (κ1) is 15.9. The summed E-state index contributed by atoms with van der Waals surface area (Å²) in [7, 11) is 0. The number of halogens is 1. The van der Waals surface area contributed by atoms with Crippen LogP contribution in [0.3, 0.4) is 0 Å². The van der Waals surface area contributed by atoms with Gasteiger partial charge in [0.05, 0.1) is 5.69 Å². The van der Waals surface area contributed by atoms with E-state index < -0.39 is 0 Å². The molecule has 0 radical (unpaired) electrons. The number of aromatic amines is 1. The Morgan fingerprint density at radius 1 is 1.20 bits per heavy atom. The number of benzene rings is 2. The van der Waals surface area contributed by atoms with E-state index in [2.05, 4.69) is 36.5 Å². The van der Waals surface area contributed by atoms with Crippen molar-refractivity contribution in [3.05, 3.63) is 74.7 Å². The molecule has 0 aliphatic carbocycles. The molecular weight excluding hydrogens is 402 g/mol. The van der Waals surface area contributed by atoms with Gasteiger partial charge in [0.15, 0.2) is 11.5 Å². The first-order chi connectivity index (χ1) is 12.1. The summed E-state index contributed by atoms with van der Waals surface area (Å²) in [6.45, 7) is 0. The van der Waals surface area contributed by atoms with Crippen LogP contribution in [0, 0.1) is 4.77 Å². The number of fused-ring (bicyclic) bond motifs is 1. The normalized spacial score (nSPS) is 14.6. The van der Waals surface area contributed by atoms with E-state index in [0.29, 0.717) is 22.7 Å². The Morgan fingerprint density at radius 2 is 2.00 bits per heavy atom. The van der Waals surface area contributed by atoms with E-state index in [1.165, 1.54) is 4.68 Å². The average Bonchev–Trinajstić information content (AvgIpc) is 3.10. The molecule has 124 valence electrons. The Labute approximate surface area is 156 Å². The maximum atomic E-state index is 12.3. The summed E-state index contributed by atoms with van der Waals surface area (Å²) >= 11 is 8.71. The first-order valence-corrected chi connectivity index (χ1v) is 8.72. The van der Waals surface area contributed by atoms with Gasteiger partial charge in [0.2, 0.25) is 4.77 Å². The quantitative estimate of drug-likeness (QED) is 0.645. The highest BCUT2D eigenvalue weighted by Gasteiger charge is 2.27. The molecular formula is C17H12BrN5OS. The van der Waals surface area contributed by atoms with Gasteiger partial charge in [-0.25, -0.2) is 0 Å². The summed E-state index contributed by atoms with van der Waals surface area (Å²) in [5, 5.41) is 14.3. The van der Waals surface area contributed by atoms with Gasteiger partial charge in [-0.05, 0) is 36.0 Å². The van der Waals surface area contributed by atoms with E-state index in [1.54, 1.807) is 0 Å². The number of amides is 1. The molecule has 0 unspecified atom stereocenters. The van der Waals surface area contributed by atoms with Crippen LogP contribution in [0.5, 0.6) is 0 Å². The molecule has 2 heterocycles. The minimum absolute atomic E-state index is 0.262.